The molecule has 2 aliphatic heterocycles. The molecule has 3 aliphatic rings. The summed E-state index contributed by atoms with van der Waals surface area (Å²) in [5.41, 5.74) is 3.14. The highest BCUT2D eigenvalue weighted by molar-refractivity contribution is 6.02. The smallest absolute Gasteiger partial charge is 0.404 e. The van der Waals surface area contributed by atoms with Crippen LogP contribution in [0.3, 0.4) is 0 Å². The first-order chi connectivity index (χ1) is 14.9. The van der Waals surface area contributed by atoms with Gasteiger partial charge in [0.25, 0.3) is 11.7 Å². The maximum absolute atomic E-state index is 12.7. The molecule has 0 bridgehead atoms. The summed E-state index contributed by atoms with van der Waals surface area (Å²) < 4.78 is 18.7. The Hall–Kier alpha value is -3.16. The van der Waals surface area contributed by atoms with Crippen molar-refractivity contribution in [2.24, 2.45) is 5.92 Å². The zero-order valence-electron chi connectivity index (χ0n) is 17.6. The minimum atomic E-state index is -0.988. The second-order valence-corrected chi connectivity index (χ2v) is 8.71. The predicted molar refractivity (Wildman–Crippen MR) is 111 cm³/mol. The molecule has 3 heterocycles. The zero-order valence-corrected chi connectivity index (χ0v) is 17.6. The van der Waals surface area contributed by atoms with Crippen LogP contribution in [0.15, 0.2) is 22.8 Å². The number of hydrogen-bond acceptors (Lipinski definition) is 5. The Morgan fingerprint density at radius 1 is 1.19 bits per heavy atom. The van der Waals surface area contributed by atoms with E-state index in [4.69, 9.17) is 19.0 Å². The van der Waals surface area contributed by atoms with Crippen molar-refractivity contribution in [3.8, 4) is 22.8 Å². The molecule has 1 aliphatic carbocycles. The molecule has 8 nitrogen and oxygen atoms in total. The predicted octanol–water partition coefficient (Wildman–Crippen LogP) is 3.85. The minimum Gasteiger partial charge on any atom is -0.465 e. The highest BCUT2D eigenvalue weighted by Gasteiger charge is 2.48. The van der Waals surface area contributed by atoms with Crippen molar-refractivity contribution in [2.45, 2.75) is 57.8 Å². The topological polar surface area (TPSA) is 110 Å². The third-order valence-electron chi connectivity index (χ3n) is 6.81. The van der Waals surface area contributed by atoms with Gasteiger partial charge in [-0.1, -0.05) is 0 Å². The summed E-state index contributed by atoms with van der Waals surface area (Å²) in [6, 6.07) is 3.65. The van der Waals surface area contributed by atoms with Gasteiger partial charge in [0.15, 0.2) is 11.5 Å². The molecule has 3 N–H and O–H groups in total. The van der Waals surface area contributed by atoms with Gasteiger partial charge in [0, 0.05) is 31.0 Å². The van der Waals surface area contributed by atoms with E-state index in [-0.39, 0.29) is 17.9 Å². The Labute approximate surface area is 179 Å². The van der Waals surface area contributed by atoms with Gasteiger partial charge in [-0.3, -0.25) is 4.79 Å². The summed E-state index contributed by atoms with van der Waals surface area (Å²) in [6.45, 7) is 4.40. The molecule has 1 aromatic carbocycles. The summed E-state index contributed by atoms with van der Waals surface area (Å²) in [5.74, 6) is 0.991. The number of hydrogen-bond donors (Lipinski definition) is 3. The Balaban J connectivity index is 1.52. The number of ether oxygens (including phenoxy) is 2. The fourth-order valence-corrected chi connectivity index (χ4v) is 5.26. The minimum absolute atomic E-state index is 0.0439. The molecule has 0 saturated heterocycles. The highest BCUT2D eigenvalue weighted by Crippen LogP contribution is 2.54. The average molecular weight is 426 g/mol. The molecular weight excluding hydrogens is 400 g/mol. The van der Waals surface area contributed by atoms with Crippen LogP contribution in [0.25, 0.3) is 11.3 Å². The number of carbonyl (C=O) groups excluding carboxylic acids is 1. The first kappa shape index (κ1) is 19.8. The molecule has 164 valence electrons. The van der Waals surface area contributed by atoms with Crippen LogP contribution in [0.4, 0.5) is 4.79 Å². The lowest BCUT2D eigenvalue weighted by atomic mass is 9.81. The number of amides is 2. The third-order valence-corrected chi connectivity index (χ3v) is 6.81. The van der Waals surface area contributed by atoms with Gasteiger partial charge in [0.2, 0.25) is 0 Å². The van der Waals surface area contributed by atoms with Crippen molar-refractivity contribution >= 4 is 12.0 Å². The van der Waals surface area contributed by atoms with Crippen molar-refractivity contribution in [1.29, 1.82) is 0 Å². The number of furan rings is 1. The number of rotatable bonds is 3. The Kier molecular flexibility index (Phi) is 4.60. The number of benzene rings is 1. The molecule has 31 heavy (non-hydrogen) atoms. The van der Waals surface area contributed by atoms with Crippen molar-refractivity contribution in [3.05, 3.63) is 35.1 Å². The Morgan fingerprint density at radius 3 is 2.61 bits per heavy atom. The van der Waals surface area contributed by atoms with Crippen LogP contribution >= 0.6 is 0 Å². The van der Waals surface area contributed by atoms with Gasteiger partial charge < -0.3 is 29.6 Å². The van der Waals surface area contributed by atoms with Crippen molar-refractivity contribution in [1.82, 2.24) is 10.6 Å². The van der Waals surface area contributed by atoms with Gasteiger partial charge in [-0.2, -0.15) is 0 Å². The maximum atomic E-state index is 12.7. The lowest BCUT2D eigenvalue weighted by Gasteiger charge is -2.37. The van der Waals surface area contributed by atoms with E-state index >= 15 is 0 Å². The van der Waals surface area contributed by atoms with Crippen LogP contribution in [0.1, 0.15) is 54.1 Å². The van der Waals surface area contributed by atoms with Gasteiger partial charge in [-0.25, -0.2) is 4.79 Å². The largest absolute Gasteiger partial charge is 0.465 e. The monoisotopic (exact) mass is 426 g/mol. The van der Waals surface area contributed by atoms with Crippen LogP contribution in [-0.4, -0.2) is 35.5 Å². The Morgan fingerprint density at radius 2 is 1.94 bits per heavy atom. The van der Waals surface area contributed by atoms with Crippen LogP contribution < -0.4 is 20.1 Å². The first-order valence-electron chi connectivity index (χ1n) is 10.8. The van der Waals surface area contributed by atoms with E-state index in [0.29, 0.717) is 35.8 Å². The van der Waals surface area contributed by atoms with Crippen molar-refractivity contribution in [3.63, 3.8) is 0 Å². The maximum Gasteiger partial charge on any atom is 0.404 e. The molecule has 1 saturated carbocycles. The van der Waals surface area contributed by atoms with Crippen LogP contribution in [0.2, 0.25) is 0 Å². The summed E-state index contributed by atoms with van der Waals surface area (Å²) >= 11 is 0. The van der Waals surface area contributed by atoms with E-state index in [1.54, 1.807) is 6.26 Å². The van der Waals surface area contributed by atoms with Crippen molar-refractivity contribution < 1.29 is 28.6 Å². The average Bonchev–Trinajstić information content (AvgIpc) is 3.37. The van der Waals surface area contributed by atoms with Gasteiger partial charge in [0.1, 0.15) is 5.76 Å². The molecule has 2 amide bonds. The third kappa shape index (κ3) is 3.21. The van der Waals surface area contributed by atoms with Crippen molar-refractivity contribution in [2.75, 3.05) is 6.54 Å². The Bertz CT molecular complexity index is 1040. The molecule has 1 unspecified atom stereocenters. The van der Waals surface area contributed by atoms with E-state index in [2.05, 4.69) is 10.6 Å². The molecule has 5 rings (SSSR count). The standard InChI is InChI=1S/C23H26N2O6/c1-12-17-15(9-10-24-21(17)26)18(16-4-3-11-29-16)20-19(12)30-23(2,31-20)13-5-7-14(8-6-13)25-22(27)28/h3-4,11,13-14,25H,5-10H2,1-2H3,(H,24,26)(H,27,28)/t13-,14-,23?. The summed E-state index contributed by atoms with van der Waals surface area (Å²) in [5, 5.41) is 14.5. The second kappa shape index (κ2) is 7.21. The zero-order chi connectivity index (χ0) is 21.8. The fraction of sp³-hybridized carbons (Fsp3) is 0.478. The molecule has 1 atom stereocenters. The lowest BCUT2D eigenvalue weighted by molar-refractivity contribution is -0.121. The molecule has 1 fully saturated rings. The SMILES string of the molecule is Cc1c2c(c(-c3ccco3)c3c1C(=O)NCC3)OC(C)([C@H]1CC[C@H](NC(=O)O)CC1)O2. The van der Waals surface area contributed by atoms with E-state index in [1.807, 2.05) is 26.0 Å². The molecule has 0 spiro atoms. The number of carboxylic acid groups (broad SMARTS) is 1. The molecule has 1 aromatic heterocycles. The normalized spacial score (nSPS) is 26.8. The molecule has 8 heteroatoms. The first-order valence-corrected chi connectivity index (χ1v) is 10.8. The van der Waals surface area contributed by atoms with Gasteiger partial charge >= 0.3 is 6.09 Å². The van der Waals surface area contributed by atoms with Gasteiger partial charge in [-0.15, -0.1) is 0 Å². The van der Waals surface area contributed by atoms with E-state index in [1.165, 1.54) is 0 Å². The van der Waals surface area contributed by atoms with E-state index in [9.17, 15) is 9.59 Å². The van der Waals surface area contributed by atoms with Gasteiger partial charge in [0.05, 0.1) is 17.4 Å². The lowest BCUT2D eigenvalue weighted by Crippen LogP contribution is -2.47. The second-order valence-electron chi connectivity index (χ2n) is 8.71. The van der Waals surface area contributed by atoms with Crippen LogP contribution in [0.5, 0.6) is 11.5 Å². The molecule has 0 radical (unpaired) electrons. The van der Waals surface area contributed by atoms with Gasteiger partial charge in [-0.05, 0) is 56.7 Å². The van der Waals surface area contributed by atoms with E-state index < -0.39 is 11.9 Å². The quantitative estimate of drug-likeness (QED) is 0.688. The number of carbonyl (C=O) groups is 2. The summed E-state index contributed by atoms with van der Waals surface area (Å²) in [4.78, 5) is 23.7. The highest BCUT2D eigenvalue weighted by atomic mass is 16.7. The summed E-state index contributed by atoms with van der Waals surface area (Å²) in [7, 11) is 0. The fourth-order valence-electron chi connectivity index (χ4n) is 5.26. The van der Waals surface area contributed by atoms with E-state index in [0.717, 1.165) is 42.4 Å². The molecular formula is C23H26N2O6. The van der Waals surface area contributed by atoms with Crippen LogP contribution in [0, 0.1) is 12.8 Å². The molecule has 2 aromatic rings. The number of fused-ring (bicyclic) bond motifs is 2. The summed E-state index contributed by atoms with van der Waals surface area (Å²) in [6.07, 6.45) is 4.35. The van der Waals surface area contributed by atoms with Crippen LogP contribution in [-0.2, 0) is 6.42 Å². The number of nitrogens with one attached hydrogen (secondary N) is 2.